The highest BCUT2D eigenvalue weighted by molar-refractivity contribution is 6.03. The van der Waals surface area contributed by atoms with Crippen LogP contribution in [-0.4, -0.2) is 43.0 Å². The number of rotatable bonds is 9. The van der Waals surface area contributed by atoms with Crippen molar-refractivity contribution in [2.45, 2.75) is 46.2 Å². The molecule has 3 N–H and O–H groups in total. The first kappa shape index (κ1) is 21.6. The maximum atomic E-state index is 13.2. The lowest BCUT2D eigenvalue weighted by molar-refractivity contribution is -0.145. The second-order valence-corrected chi connectivity index (χ2v) is 6.43. The third kappa shape index (κ3) is 6.15. The first-order chi connectivity index (χ1) is 12.3. The number of nitrogens with two attached hydrogens (primary N) is 1. The molecule has 0 heterocycles. The molecule has 2 atom stereocenters. The highest BCUT2D eigenvalue weighted by atomic mass is 16.5. The van der Waals surface area contributed by atoms with Crippen LogP contribution in [0.25, 0.3) is 0 Å². The van der Waals surface area contributed by atoms with E-state index in [1.54, 1.807) is 38.1 Å². The number of hydrogen-bond acceptors (Lipinski definition) is 5. The van der Waals surface area contributed by atoms with E-state index in [1.165, 1.54) is 4.90 Å². The van der Waals surface area contributed by atoms with Crippen molar-refractivity contribution >= 4 is 23.5 Å². The van der Waals surface area contributed by atoms with Crippen molar-refractivity contribution in [1.82, 2.24) is 5.32 Å². The third-order valence-electron chi connectivity index (χ3n) is 3.81. The largest absolute Gasteiger partial charge is 0.464 e. The van der Waals surface area contributed by atoms with Gasteiger partial charge in [-0.2, -0.15) is 0 Å². The van der Waals surface area contributed by atoms with E-state index in [0.717, 1.165) is 0 Å². The van der Waals surface area contributed by atoms with Gasteiger partial charge in [-0.05, 0) is 38.3 Å². The van der Waals surface area contributed by atoms with Crippen molar-refractivity contribution in [2.75, 3.05) is 18.1 Å². The zero-order valence-electron chi connectivity index (χ0n) is 15.9. The molecule has 1 aromatic carbocycles. The van der Waals surface area contributed by atoms with Crippen LogP contribution in [0.5, 0.6) is 0 Å². The van der Waals surface area contributed by atoms with Crippen LogP contribution in [-0.2, 0) is 19.1 Å². The zero-order valence-corrected chi connectivity index (χ0v) is 15.9. The van der Waals surface area contributed by atoms with E-state index in [4.69, 9.17) is 10.5 Å². The average molecular weight is 363 g/mol. The number of hydrogen-bond donors (Lipinski definition) is 2. The lowest BCUT2D eigenvalue weighted by Crippen LogP contribution is -2.54. The van der Waals surface area contributed by atoms with E-state index < -0.39 is 24.0 Å². The van der Waals surface area contributed by atoms with Crippen molar-refractivity contribution < 1.29 is 19.1 Å². The summed E-state index contributed by atoms with van der Waals surface area (Å²) in [5.41, 5.74) is 5.94. The number of carbonyl (C=O) groups excluding carboxylic acids is 3. The maximum absolute atomic E-state index is 13.2. The molecule has 1 aromatic rings. The van der Waals surface area contributed by atoms with Gasteiger partial charge in [-0.1, -0.05) is 32.0 Å². The number of nitrogens with one attached hydrogen (secondary N) is 1. The number of esters is 1. The topological polar surface area (TPSA) is 102 Å². The molecule has 0 bridgehead atoms. The minimum Gasteiger partial charge on any atom is -0.464 e. The highest BCUT2D eigenvalue weighted by Gasteiger charge is 2.34. The fourth-order valence-corrected chi connectivity index (χ4v) is 2.61. The second-order valence-electron chi connectivity index (χ2n) is 6.43. The summed E-state index contributed by atoms with van der Waals surface area (Å²) < 4.78 is 5.08. The van der Waals surface area contributed by atoms with Crippen molar-refractivity contribution in [3.63, 3.8) is 0 Å². The minimum atomic E-state index is -0.825. The van der Waals surface area contributed by atoms with Gasteiger partial charge in [0.05, 0.1) is 13.2 Å². The monoisotopic (exact) mass is 363 g/mol. The predicted molar refractivity (Wildman–Crippen MR) is 100 cm³/mol. The summed E-state index contributed by atoms with van der Waals surface area (Å²) in [7, 11) is 0. The lowest BCUT2D eigenvalue weighted by Gasteiger charge is -2.32. The molecule has 0 aliphatic heterocycles. The van der Waals surface area contributed by atoms with Gasteiger partial charge in [0.15, 0.2) is 0 Å². The molecular weight excluding hydrogens is 334 g/mol. The van der Waals surface area contributed by atoms with Crippen LogP contribution in [0.2, 0.25) is 0 Å². The Kier molecular flexibility index (Phi) is 8.78. The number of anilines is 1. The fourth-order valence-electron chi connectivity index (χ4n) is 2.61. The molecular formula is C19H29N3O4. The van der Waals surface area contributed by atoms with Crippen molar-refractivity contribution in [3.8, 4) is 0 Å². The molecule has 0 saturated carbocycles. The Morgan fingerprint density at radius 2 is 1.77 bits per heavy atom. The molecule has 0 aliphatic rings. The predicted octanol–water partition coefficient (Wildman–Crippen LogP) is 1.46. The van der Waals surface area contributed by atoms with Gasteiger partial charge < -0.3 is 15.8 Å². The summed E-state index contributed by atoms with van der Waals surface area (Å²) >= 11 is 0. The molecule has 7 heteroatoms. The van der Waals surface area contributed by atoms with Crippen LogP contribution in [0.3, 0.4) is 0 Å². The molecule has 1 rings (SSSR count). The summed E-state index contributed by atoms with van der Waals surface area (Å²) in [5, 5.41) is 2.67. The summed E-state index contributed by atoms with van der Waals surface area (Å²) in [5.74, 6) is -1.12. The van der Waals surface area contributed by atoms with E-state index in [2.05, 4.69) is 5.32 Å². The number of amides is 2. The average Bonchev–Trinajstić information content (AvgIpc) is 2.61. The van der Waals surface area contributed by atoms with E-state index in [0.29, 0.717) is 12.1 Å². The van der Waals surface area contributed by atoms with Gasteiger partial charge in [0.1, 0.15) is 12.1 Å². The Morgan fingerprint density at radius 1 is 1.15 bits per heavy atom. The molecule has 0 fully saturated rings. The SMILES string of the molecule is CCOC(=O)[C@H](C)N(C(=O)[C@H](CC(C)C)NC(=O)CN)c1ccccc1. The lowest BCUT2D eigenvalue weighted by atomic mass is 10.0. The number of ether oxygens (including phenoxy) is 1. The summed E-state index contributed by atoms with van der Waals surface area (Å²) in [6.07, 6.45) is 0.434. The van der Waals surface area contributed by atoms with Gasteiger partial charge >= 0.3 is 5.97 Å². The first-order valence-electron chi connectivity index (χ1n) is 8.85. The molecule has 7 nitrogen and oxygen atoms in total. The molecule has 0 saturated heterocycles. The first-order valence-corrected chi connectivity index (χ1v) is 8.85. The smallest absolute Gasteiger partial charge is 0.328 e. The molecule has 0 aromatic heterocycles. The molecule has 0 unspecified atom stereocenters. The van der Waals surface area contributed by atoms with Crippen molar-refractivity contribution in [1.29, 1.82) is 0 Å². The Labute approximate surface area is 154 Å². The molecule has 0 aliphatic carbocycles. The van der Waals surface area contributed by atoms with Crippen LogP contribution in [0.1, 0.15) is 34.1 Å². The van der Waals surface area contributed by atoms with Crippen LogP contribution >= 0.6 is 0 Å². The van der Waals surface area contributed by atoms with E-state index >= 15 is 0 Å². The van der Waals surface area contributed by atoms with Gasteiger partial charge in [-0.3, -0.25) is 14.5 Å². The highest BCUT2D eigenvalue weighted by Crippen LogP contribution is 2.20. The summed E-state index contributed by atoms with van der Waals surface area (Å²) in [6, 6.07) is 7.27. The van der Waals surface area contributed by atoms with Gasteiger partial charge in [0, 0.05) is 5.69 Å². The molecule has 26 heavy (non-hydrogen) atoms. The standard InChI is InChI=1S/C19H29N3O4/c1-5-26-19(25)14(4)22(15-9-7-6-8-10-15)18(24)16(11-13(2)3)21-17(23)12-20/h6-10,13-14,16H,5,11-12,20H2,1-4H3,(H,21,23)/t14-,16-/m0/s1. The normalized spacial score (nSPS) is 13.0. The Hall–Kier alpha value is -2.41. The summed E-state index contributed by atoms with van der Waals surface area (Å²) in [4.78, 5) is 38.7. The molecule has 144 valence electrons. The number of nitrogens with zero attached hydrogens (tertiary/aromatic N) is 1. The Balaban J connectivity index is 3.22. The fraction of sp³-hybridized carbons (Fsp3) is 0.526. The van der Waals surface area contributed by atoms with Crippen molar-refractivity contribution in [2.24, 2.45) is 11.7 Å². The molecule has 0 radical (unpaired) electrons. The molecule has 2 amide bonds. The second kappa shape index (κ2) is 10.6. The zero-order chi connectivity index (χ0) is 19.7. The van der Waals surface area contributed by atoms with Gasteiger partial charge in [0.2, 0.25) is 11.8 Å². The Bertz CT molecular complexity index is 604. The molecule has 0 spiro atoms. The number of carbonyl (C=O) groups is 3. The third-order valence-corrected chi connectivity index (χ3v) is 3.81. The van der Waals surface area contributed by atoms with Crippen molar-refractivity contribution in [3.05, 3.63) is 30.3 Å². The van der Waals surface area contributed by atoms with E-state index in [-0.39, 0.29) is 25.0 Å². The van der Waals surface area contributed by atoms with Crippen LogP contribution in [0.4, 0.5) is 5.69 Å². The van der Waals surface area contributed by atoms with E-state index in [1.807, 2.05) is 19.9 Å². The minimum absolute atomic E-state index is 0.164. The number of para-hydroxylation sites is 1. The summed E-state index contributed by atoms with van der Waals surface area (Å²) in [6.45, 7) is 7.25. The quantitative estimate of drug-likeness (QED) is 0.647. The van der Waals surface area contributed by atoms with Gasteiger partial charge in [-0.15, -0.1) is 0 Å². The Morgan fingerprint density at radius 3 is 2.27 bits per heavy atom. The number of benzene rings is 1. The van der Waals surface area contributed by atoms with Crippen LogP contribution in [0.15, 0.2) is 30.3 Å². The van der Waals surface area contributed by atoms with E-state index in [9.17, 15) is 14.4 Å². The van der Waals surface area contributed by atoms with Gasteiger partial charge in [-0.25, -0.2) is 4.79 Å². The van der Waals surface area contributed by atoms with Gasteiger partial charge in [0.25, 0.3) is 0 Å². The van der Waals surface area contributed by atoms with Crippen LogP contribution in [0, 0.1) is 5.92 Å². The van der Waals surface area contributed by atoms with Crippen LogP contribution < -0.4 is 16.0 Å². The maximum Gasteiger partial charge on any atom is 0.328 e.